The van der Waals surface area contributed by atoms with Crippen molar-refractivity contribution in [1.82, 2.24) is 10.2 Å². The first-order valence-corrected chi connectivity index (χ1v) is 12.7. The SMILES string of the molecule is CCCCCCCCCCCCCCCCCC(=O)NC(CC)N(CC)CC.Cl. The summed E-state index contributed by atoms with van der Waals surface area (Å²) in [5.41, 5.74) is 0. The Kier molecular flexibility index (Phi) is 25.6. The van der Waals surface area contributed by atoms with Crippen LogP contribution in [0, 0.1) is 0 Å². The number of nitrogens with zero attached hydrogens (tertiary/aromatic N) is 1. The lowest BCUT2D eigenvalue weighted by Gasteiger charge is -2.29. The van der Waals surface area contributed by atoms with E-state index in [1.807, 2.05) is 0 Å². The van der Waals surface area contributed by atoms with Gasteiger partial charge in [-0.1, -0.05) is 118 Å². The van der Waals surface area contributed by atoms with Crippen molar-refractivity contribution in [2.45, 2.75) is 143 Å². The average molecular weight is 433 g/mol. The van der Waals surface area contributed by atoms with Gasteiger partial charge in [-0.25, -0.2) is 0 Å². The third-order valence-electron chi connectivity index (χ3n) is 5.97. The van der Waals surface area contributed by atoms with Crippen LogP contribution in [-0.2, 0) is 4.79 Å². The van der Waals surface area contributed by atoms with Gasteiger partial charge in [0.05, 0.1) is 6.17 Å². The molecule has 0 spiro atoms. The van der Waals surface area contributed by atoms with E-state index >= 15 is 0 Å². The van der Waals surface area contributed by atoms with Crippen LogP contribution in [0.3, 0.4) is 0 Å². The van der Waals surface area contributed by atoms with E-state index in [1.54, 1.807) is 0 Å². The second-order valence-corrected chi connectivity index (χ2v) is 8.41. The second kappa shape index (κ2) is 24.0. The highest BCUT2D eigenvalue weighted by Gasteiger charge is 2.15. The number of hydrogen-bond donors (Lipinski definition) is 1. The lowest BCUT2D eigenvalue weighted by molar-refractivity contribution is -0.123. The molecule has 0 heterocycles. The number of amides is 1. The summed E-state index contributed by atoms with van der Waals surface area (Å²) in [6.07, 6.45) is 22.4. The molecular weight excluding hydrogens is 380 g/mol. The minimum atomic E-state index is 0. The van der Waals surface area contributed by atoms with E-state index in [0.29, 0.717) is 6.42 Å². The molecule has 4 heteroatoms. The molecule has 1 atom stereocenters. The predicted molar refractivity (Wildman–Crippen MR) is 132 cm³/mol. The fourth-order valence-corrected chi connectivity index (χ4v) is 4.03. The predicted octanol–water partition coefficient (Wildman–Crippen LogP) is 7.86. The summed E-state index contributed by atoms with van der Waals surface area (Å²) in [5, 5.41) is 3.21. The Hall–Kier alpha value is -0.280. The van der Waals surface area contributed by atoms with Crippen LogP contribution in [0.1, 0.15) is 137 Å². The lowest BCUT2D eigenvalue weighted by atomic mass is 10.0. The van der Waals surface area contributed by atoms with E-state index in [2.05, 4.69) is 37.9 Å². The molecule has 0 aliphatic carbocycles. The lowest BCUT2D eigenvalue weighted by Crippen LogP contribution is -2.47. The summed E-state index contributed by atoms with van der Waals surface area (Å²) in [7, 11) is 0. The smallest absolute Gasteiger partial charge is 0.221 e. The number of rotatable bonds is 21. The first-order valence-electron chi connectivity index (χ1n) is 12.7. The van der Waals surface area contributed by atoms with Crippen molar-refractivity contribution in [3.8, 4) is 0 Å². The number of carbonyl (C=O) groups excluding carboxylic acids is 1. The first-order chi connectivity index (χ1) is 13.7. The molecule has 176 valence electrons. The van der Waals surface area contributed by atoms with Gasteiger partial charge in [0.2, 0.25) is 5.91 Å². The molecule has 0 aliphatic heterocycles. The largest absolute Gasteiger partial charge is 0.341 e. The van der Waals surface area contributed by atoms with Crippen LogP contribution in [0.2, 0.25) is 0 Å². The summed E-state index contributed by atoms with van der Waals surface area (Å²) >= 11 is 0. The fourth-order valence-electron chi connectivity index (χ4n) is 4.03. The van der Waals surface area contributed by atoms with E-state index in [9.17, 15) is 4.79 Å². The normalized spacial score (nSPS) is 12.0. The Morgan fingerprint density at radius 1 is 0.655 bits per heavy atom. The Morgan fingerprint density at radius 3 is 1.38 bits per heavy atom. The molecule has 29 heavy (non-hydrogen) atoms. The Morgan fingerprint density at radius 2 is 1.03 bits per heavy atom. The van der Waals surface area contributed by atoms with Crippen molar-refractivity contribution in [2.75, 3.05) is 13.1 Å². The Labute approximate surface area is 189 Å². The number of unbranched alkanes of at least 4 members (excludes halogenated alkanes) is 14. The van der Waals surface area contributed by atoms with Gasteiger partial charge in [-0.15, -0.1) is 12.4 Å². The Balaban J connectivity index is 0. The molecule has 0 rings (SSSR count). The number of carbonyl (C=O) groups is 1. The van der Waals surface area contributed by atoms with Crippen molar-refractivity contribution < 1.29 is 4.79 Å². The van der Waals surface area contributed by atoms with E-state index in [0.717, 1.165) is 25.9 Å². The molecule has 1 amide bonds. The third kappa shape index (κ3) is 19.4. The van der Waals surface area contributed by atoms with Gasteiger partial charge in [-0.3, -0.25) is 9.69 Å². The zero-order valence-electron chi connectivity index (χ0n) is 20.3. The summed E-state index contributed by atoms with van der Waals surface area (Å²) in [6.45, 7) is 10.7. The minimum absolute atomic E-state index is 0. The number of halogens is 1. The molecule has 0 radical (unpaired) electrons. The second-order valence-electron chi connectivity index (χ2n) is 8.41. The fraction of sp³-hybridized carbons (Fsp3) is 0.960. The molecule has 1 unspecified atom stereocenters. The minimum Gasteiger partial charge on any atom is -0.341 e. The summed E-state index contributed by atoms with van der Waals surface area (Å²) in [6, 6.07) is 0. The van der Waals surface area contributed by atoms with Gasteiger partial charge < -0.3 is 5.32 Å². The van der Waals surface area contributed by atoms with Crippen LogP contribution in [0.15, 0.2) is 0 Å². The molecule has 0 aromatic heterocycles. The molecule has 0 aromatic carbocycles. The first kappa shape index (κ1) is 30.9. The van der Waals surface area contributed by atoms with E-state index < -0.39 is 0 Å². The van der Waals surface area contributed by atoms with E-state index in [-0.39, 0.29) is 24.5 Å². The number of nitrogens with one attached hydrogen (secondary N) is 1. The zero-order chi connectivity index (χ0) is 20.9. The summed E-state index contributed by atoms with van der Waals surface area (Å²) in [5.74, 6) is 0.230. The maximum Gasteiger partial charge on any atom is 0.221 e. The molecule has 0 aromatic rings. The van der Waals surface area contributed by atoms with Gasteiger partial charge in [0.1, 0.15) is 0 Å². The third-order valence-corrected chi connectivity index (χ3v) is 5.97. The molecule has 3 nitrogen and oxygen atoms in total. The van der Waals surface area contributed by atoms with Crippen molar-refractivity contribution >= 4 is 18.3 Å². The van der Waals surface area contributed by atoms with Gasteiger partial charge in [0, 0.05) is 6.42 Å². The van der Waals surface area contributed by atoms with Crippen LogP contribution in [-0.4, -0.2) is 30.1 Å². The van der Waals surface area contributed by atoms with Crippen molar-refractivity contribution in [3.05, 3.63) is 0 Å². The van der Waals surface area contributed by atoms with Crippen LogP contribution in [0.5, 0.6) is 0 Å². The molecule has 0 fully saturated rings. The van der Waals surface area contributed by atoms with Gasteiger partial charge in [-0.05, 0) is 25.9 Å². The monoisotopic (exact) mass is 432 g/mol. The van der Waals surface area contributed by atoms with E-state index in [4.69, 9.17) is 0 Å². The molecular formula is C25H53ClN2O. The molecule has 0 saturated carbocycles. The quantitative estimate of drug-likeness (QED) is 0.148. The van der Waals surface area contributed by atoms with Crippen molar-refractivity contribution in [3.63, 3.8) is 0 Å². The molecule has 0 bridgehead atoms. The van der Waals surface area contributed by atoms with E-state index in [1.165, 1.54) is 89.9 Å². The maximum atomic E-state index is 12.1. The summed E-state index contributed by atoms with van der Waals surface area (Å²) < 4.78 is 0. The van der Waals surface area contributed by atoms with Crippen LogP contribution >= 0.6 is 12.4 Å². The Bertz CT molecular complexity index is 335. The van der Waals surface area contributed by atoms with Crippen LogP contribution in [0.4, 0.5) is 0 Å². The van der Waals surface area contributed by atoms with Crippen LogP contribution < -0.4 is 5.32 Å². The maximum absolute atomic E-state index is 12.1. The molecule has 0 aliphatic rings. The molecule has 0 saturated heterocycles. The van der Waals surface area contributed by atoms with Gasteiger partial charge in [0.15, 0.2) is 0 Å². The topological polar surface area (TPSA) is 32.3 Å². The highest BCUT2D eigenvalue weighted by atomic mass is 35.5. The average Bonchev–Trinajstić information content (AvgIpc) is 2.70. The highest BCUT2D eigenvalue weighted by molar-refractivity contribution is 5.85. The van der Waals surface area contributed by atoms with Crippen molar-refractivity contribution in [1.29, 1.82) is 0 Å². The summed E-state index contributed by atoms with van der Waals surface area (Å²) in [4.78, 5) is 14.5. The van der Waals surface area contributed by atoms with Crippen molar-refractivity contribution in [2.24, 2.45) is 0 Å². The van der Waals surface area contributed by atoms with Gasteiger partial charge in [-0.2, -0.15) is 0 Å². The molecule has 1 N–H and O–H groups in total. The standard InChI is InChI=1S/C25H52N2O.ClH/c1-5-9-10-11-12-13-14-15-16-17-18-19-20-21-22-23-25(28)26-24(6-2)27(7-3)8-4;/h24H,5-23H2,1-4H3,(H,26,28);1H. The van der Waals surface area contributed by atoms with Gasteiger partial charge in [0.25, 0.3) is 0 Å². The number of hydrogen-bond acceptors (Lipinski definition) is 2. The zero-order valence-corrected chi connectivity index (χ0v) is 21.1. The highest BCUT2D eigenvalue weighted by Crippen LogP contribution is 2.13. The van der Waals surface area contributed by atoms with Crippen LogP contribution in [0.25, 0.3) is 0 Å². The van der Waals surface area contributed by atoms with Gasteiger partial charge >= 0.3 is 0 Å².